The highest BCUT2D eigenvalue weighted by Gasteiger charge is 2.21. The fourth-order valence-corrected chi connectivity index (χ4v) is 5.48. The Morgan fingerprint density at radius 2 is 1.57 bits per heavy atom. The number of para-hydroxylation sites is 1. The first-order valence-corrected chi connectivity index (χ1v) is 14.8. The number of benzene rings is 4. The van der Waals surface area contributed by atoms with E-state index < -0.39 is 17.8 Å². The van der Waals surface area contributed by atoms with E-state index in [0.29, 0.717) is 16.0 Å². The minimum absolute atomic E-state index is 0.0825. The Morgan fingerprint density at radius 3 is 2.36 bits per heavy atom. The van der Waals surface area contributed by atoms with Gasteiger partial charge in [0.25, 0.3) is 5.91 Å². The third kappa shape index (κ3) is 7.42. The van der Waals surface area contributed by atoms with Crippen LogP contribution in [0.4, 0.5) is 5.69 Å². The third-order valence-corrected chi connectivity index (χ3v) is 7.76. The van der Waals surface area contributed by atoms with E-state index >= 15 is 0 Å². The highest BCUT2D eigenvalue weighted by Crippen LogP contribution is 2.29. The van der Waals surface area contributed by atoms with E-state index in [-0.39, 0.29) is 39.5 Å². The quantitative estimate of drug-likeness (QED) is 0.0705. The van der Waals surface area contributed by atoms with Gasteiger partial charge in [-0.25, -0.2) is 10.2 Å². The zero-order valence-corrected chi connectivity index (χ0v) is 25.0. The van der Waals surface area contributed by atoms with Crippen molar-refractivity contribution in [3.8, 4) is 5.75 Å². The van der Waals surface area contributed by atoms with Gasteiger partial charge in [-0.2, -0.15) is 5.10 Å². The van der Waals surface area contributed by atoms with Gasteiger partial charge < -0.3 is 15.4 Å². The summed E-state index contributed by atoms with van der Waals surface area (Å²) in [6, 6.07) is 21.7. The van der Waals surface area contributed by atoms with Crippen LogP contribution in [-0.4, -0.2) is 35.9 Å². The molecule has 9 nitrogen and oxygen atoms in total. The fraction of sp³-hybridized carbons (Fsp3) is 0.182. The van der Waals surface area contributed by atoms with Crippen LogP contribution in [0.3, 0.4) is 0 Å². The summed E-state index contributed by atoms with van der Waals surface area (Å²) in [6.07, 6.45) is 6.38. The molecular formula is C33H28Cl2N4O5. The molecular weight excluding hydrogens is 603 g/mol. The molecule has 3 amide bonds. The Labute approximate surface area is 263 Å². The fourth-order valence-electron chi connectivity index (χ4n) is 4.99. The Kier molecular flexibility index (Phi) is 9.89. The zero-order chi connectivity index (χ0) is 31.1. The average Bonchev–Trinajstić information content (AvgIpc) is 3.02. The molecule has 11 heteroatoms. The van der Waals surface area contributed by atoms with E-state index in [9.17, 15) is 19.2 Å². The second-order valence-electron chi connectivity index (χ2n) is 10.2. The SMILES string of the molecule is O=C(N/N=C\c1c(OC(=O)c2ccc(Cl)cc2Cl)ccc2ccccc12)C(=O)Nc1ccccc1C(=O)NC1CCCCC1. The number of carbonyl (C=O) groups is 4. The minimum atomic E-state index is -1.06. The maximum atomic E-state index is 12.9. The first-order valence-electron chi connectivity index (χ1n) is 14.0. The molecule has 0 unspecified atom stereocenters. The summed E-state index contributed by atoms with van der Waals surface area (Å²) in [5, 5.41) is 11.5. The second-order valence-corrected chi connectivity index (χ2v) is 11.1. The normalized spacial score (nSPS) is 13.4. The van der Waals surface area contributed by atoms with Gasteiger partial charge in [0.1, 0.15) is 5.75 Å². The lowest BCUT2D eigenvalue weighted by Gasteiger charge is -2.23. The molecule has 0 heterocycles. The monoisotopic (exact) mass is 630 g/mol. The largest absolute Gasteiger partial charge is 0.422 e. The molecule has 0 spiro atoms. The molecule has 5 rings (SSSR count). The maximum absolute atomic E-state index is 12.9. The molecule has 0 bridgehead atoms. The Balaban J connectivity index is 1.29. The highest BCUT2D eigenvalue weighted by molar-refractivity contribution is 6.40. The van der Waals surface area contributed by atoms with E-state index in [0.717, 1.165) is 37.5 Å². The van der Waals surface area contributed by atoms with Crippen molar-refractivity contribution >= 4 is 69.6 Å². The number of hydrazone groups is 1. The second kappa shape index (κ2) is 14.2. The van der Waals surface area contributed by atoms with E-state index in [2.05, 4.69) is 21.2 Å². The summed E-state index contributed by atoms with van der Waals surface area (Å²) < 4.78 is 5.65. The van der Waals surface area contributed by atoms with Crippen LogP contribution in [0.2, 0.25) is 10.0 Å². The predicted octanol–water partition coefficient (Wildman–Crippen LogP) is 6.52. The number of amides is 3. The molecule has 4 aromatic carbocycles. The molecule has 0 radical (unpaired) electrons. The van der Waals surface area contributed by atoms with Crippen LogP contribution in [0.1, 0.15) is 58.4 Å². The molecule has 4 aromatic rings. The maximum Gasteiger partial charge on any atom is 0.345 e. The third-order valence-electron chi connectivity index (χ3n) is 7.21. The first kappa shape index (κ1) is 30.7. The number of carbonyl (C=O) groups excluding carboxylic acids is 4. The summed E-state index contributed by atoms with van der Waals surface area (Å²) in [4.78, 5) is 51.2. The van der Waals surface area contributed by atoms with Crippen molar-refractivity contribution < 1.29 is 23.9 Å². The Hall–Kier alpha value is -4.73. The smallest absolute Gasteiger partial charge is 0.345 e. The van der Waals surface area contributed by atoms with Crippen LogP contribution in [-0.2, 0) is 9.59 Å². The summed E-state index contributed by atoms with van der Waals surface area (Å²) in [7, 11) is 0. The van der Waals surface area contributed by atoms with Gasteiger partial charge in [0, 0.05) is 16.6 Å². The number of halogens is 2. The van der Waals surface area contributed by atoms with Crippen LogP contribution in [0.25, 0.3) is 10.8 Å². The van der Waals surface area contributed by atoms with Gasteiger partial charge in [-0.15, -0.1) is 0 Å². The van der Waals surface area contributed by atoms with Crippen molar-refractivity contribution in [2.24, 2.45) is 5.10 Å². The van der Waals surface area contributed by atoms with E-state index in [1.165, 1.54) is 24.4 Å². The Morgan fingerprint density at radius 1 is 0.818 bits per heavy atom. The lowest BCUT2D eigenvalue weighted by Crippen LogP contribution is -2.37. The molecule has 0 atom stereocenters. The van der Waals surface area contributed by atoms with Crippen LogP contribution in [0, 0.1) is 0 Å². The van der Waals surface area contributed by atoms with E-state index in [1.807, 2.05) is 12.1 Å². The van der Waals surface area contributed by atoms with Crippen molar-refractivity contribution in [2.75, 3.05) is 5.32 Å². The standard InChI is InChI=1S/C33H28Cl2N4O5/c34-21-15-16-24(27(35)18-21)33(43)44-29-17-14-20-8-4-5-11-23(20)26(29)19-36-39-32(42)31(41)38-28-13-7-6-12-25(28)30(40)37-22-9-2-1-3-10-22/h4-8,11-19,22H,1-3,9-10H2,(H,37,40)(H,38,41)(H,39,42)/b36-19-. The number of rotatable bonds is 7. The van der Waals surface area contributed by atoms with Crippen LogP contribution >= 0.6 is 23.2 Å². The summed E-state index contributed by atoms with van der Waals surface area (Å²) in [6.45, 7) is 0. The molecule has 1 aliphatic carbocycles. The molecule has 1 saturated carbocycles. The molecule has 224 valence electrons. The molecule has 0 saturated heterocycles. The van der Waals surface area contributed by atoms with Crippen molar-refractivity contribution in [2.45, 2.75) is 38.1 Å². The topological polar surface area (TPSA) is 126 Å². The van der Waals surface area contributed by atoms with Crippen molar-refractivity contribution in [1.82, 2.24) is 10.7 Å². The molecule has 1 aliphatic rings. The first-order chi connectivity index (χ1) is 21.3. The van der Waals surface area contributed by atoms with Crippen molar-refractivity contribution in [3.63, 3.8) is 0 Å². The number of fused-ring (bicyclic) bond motifs is 1. The number of nitrogens with zero attached hydrogens (tertiary/aromatic N) is 1. The van der Waals surface area contributed by atoms with Crippen LogP contribution in [0.5, 0.6) is 5.75 Å². The Bertz CT molecular complexity index is 1770. The number of ether oxygens (including phenoxy) is 1. The minimum Gasteiger partial charge on any atom is -0.422 e. The highest BCUT2D eigenvalue weighted by atomic mass is 35.5. The number of esters is 1. The van der Waals surface area contributed by atoms with Crippen LogP contribution < -0.4 is 20.8 Å². The molecule has 0 aliphatic heterocycles. The number of nitrogens with one attached hydrogen (secondary N) is 3. The van der Waals surface area contributed by atoms with Crippen LogP contribution in [0.15, 0.2) is 84.0 Å². The van der Waals surface area contributed by atoms with Gasteiger partial charge in [0.05, 0.1) is 28.1 Å². The van der Waals surface area contributed by atoms with Gasteiger partial charge >= 0.3 is 17.8 Å². The number of hydrogen-bond acceptors (Lipinski definition) is 6. The summed E-state index contributed by atoms with van der Waals surface area (Å²) in [5.74, 6) is -2.95. The van der Waals surface area contributed by atoms with E-state index in [4.69, 9.17) is 27.9 Å². The number of anilines is 1. The van der Waals surface area contributed by atoms with E-state index in [1.54, 1.807) is 48.5 Å². The lowest BCUT2D eigenvalue weighted by molar-refractivity contribution is -0.136. The molecule has 44 heavy (non-hydrogen) atoms. The predicted molar refractivity (Wildman–Crippen MR) is 171 cm³/mol. The summed E-state index contributed by atoms with van der Waals surface area (Å²) >= 11 is 12.1. The molecule has 3 N–H and O–H groups in total. The van der Waals surface area contributed by atoms with Gasteiger partial charge in [-0.1, -0.05) is 84.9 Å². The zero-order valence-electron chi connectivity index (χ0n) is 23.4. The average molecular weight is 632 g/mol. The molecule has 0 aromatic heterocycles. The van der Waals surface area contributed by atoms with Crippen molar-refractivity contribution in [1.29, 1.82) is 0 Å². The van der Waals surface area contributed by atoms with Gasteiger partial charge in [-0.05, 0) is 60.0 Å². The van der Waals surface area contributed by atoms with Gasteiger partial charge in [-0.3, -0.25) is 14.4 Å². The van der Waals surface area contributed by atoms with Gasteiger partial charge in [0.2, 0.25) is 0 Å². The lowest BCUT2D eigenvalue weighted by atomic mass is 9.95. The van der Waals surface area contributed by atoms with Gasteiger partial charge in [0.15, 0.2) is 0 Å². The summed E-state index contributed by atoms with van der Waals surface area (Å²) in [5.41, 5.74) is 3.15. The number of hydrogen-bond donors (Lipinski definition) is 3. The molecule has 1 fully saturated rings. The van der Waals surface area contributed by atoms with Crippen molar-refractivity contribution in [3.05, 3.63) is 106 Å².